The molecule has 0 spiro atoms. The van der Waals surface area contributed by atoms with Crippen LogP contribution in [-0.4, -0.2) is 58.8 Å². The van der Waals surface area contributed by atoms with Gasteiger partial charge in [-0.15, -0.1) is 5.10 Å². The van der Waals surface area contributed by atoms with E-state index in [-0.39, 0.29) is 0 Å². The number of anilines is 2. The molecule has 0 amide bonds. The van der Waals surface area contributed by atoms with Crippen molar-refractivity contribution in [3.8, 4) is 0 Å². The molecule has 1 aromatic heterocycles. The van der Waals surface area contributed by atoms with Gasteiger partial charge < -0.3 is 10.2 Å². The Kier molecular flexibility index (Phi) is 7.08. The van der Waals surface area contributed by atoms with Gasteiger partial charge in [0, 0.05) is 38.8 Å². The first-order chi connectivity index (χ1) is 14.4. The molecule has 1 saturated heterocycles. The average molecular weight is 393 g/mol. The first kappa shape index (κ1) is 19.8. The third-order valence-corrected chi connectivity index (χ3v) is 5.88. The fraction of sp³-hybridized carbons (Fsp3) is 0.522. The van der Waals surface area contributed by atoms with Crippen LogP contribution in [0, 0.1) is 0 Å². The van der Waals surface area contributed by atoms with Crippen LogP contribution < -0.4 is 10.2 Å². The molecule has 6 heteroatoms. The van der Waals surface area contributed by atoms with Gasteiger partial charge >= 0.3 is 0 Å². The maximum absolute atomic E-state index is 4.76. The van der Waals surface area contributed by atoms with Crippen molar-refractivity contribution in [2.45, 2.75) is 44.6 Å². The maximum Gasteiger partial charge on any atom is 0.247 e. The van der Waals surface area contributed by atoms with Gasteiger partial charge in [0.15, 0.2) is 5.82 Å². The Labute approximate surface area is 174 Å². The third-order valence-electron chi connectivity index (χ3n) is 5.88. The summed E-state index contributed by atoms with van der Waals surface area (Å²) >= 11 is 0. The molecule has 1 saturated carbocycles. The highest BCUT2D eigenvalue weighted by Gasteiger charge is 2.19. The van der Waals surface area contributed by atoms with Crippen LogP contribution >= 0.6 is 0 Å². The molecule has 0 unspecified atom stereocenters. The number of rotatable bonds is 6. The van der Waals surface area contributed by atoms with E-state index in [1.54, 1.807) is 6.20 Å². The topological polar surface area (TPSA) is 57.2 Å². The lowest BCUT2D eigenvalue weighted by Gasteiger charge is -2.34. The predicted molar refractivity (Wildman–Crippen MR) is 119 cm³/mol. The van der Waals surface area contributed by atoms with E-state index in [0.717, 1.165) is 44.5 Å². The minimum Gasteiger partial charge on any atom is -0.366 e. The van der Waals surface area contributed by atoms with E-state index in [9.17, 15) is 0 Å². The zero-order valence-electron chi connectivity index (χ0n) is 17.2. The third kappa shape index (κ3) is 6.00. The lowest BCUT2D eigenvalue weighted by molar-refractivity contribution is 0.282. The molecule has 1 aliphatic heterocycles. The quantitative estimate of drug-likeness (QED) is 0.754. The van der Waals surface area contributed by atoms with Crippen LogP contribution in [-0.2, 0) is 0 Å². The molecular weight excluding hydrogens is 360 g/mol. The molecule has 2 aromatic rings. The highest BCUT2D eigenvalue weighted by atomic mass is 15.4. The van der Waals surface area contributed by atoms with E-state index in [2.05, 4.69) is 67.8 Å². The summed E-state index contributed by atoms with van der Waals surface area (Å²) in [5, 5.41) is 12.1. The molecule has 1 aromatic carbocycles. The lowest BCUT2D eigenvalue weighted by atomic mass is 10.1. The number of benzene rings is 1. The van der Waals surface area contributed by atoms with Crippen molar-refractivity contribution < 1.29 is 0 Å². The minimum atomic E-state index is 0.523. The van der Waals surface area contributed by atoms with Gasteiger partial charge in [0.2, 0.25) is 5.95 Å². The maximum atomic E-state index is 4.76. The number of aromatic nitrogens is 3. The second-order valence-electron chi connectivity index (χ2n) is 8.08. The van der Waals surface area contributed by atoms with E-state index in [1.165, 1.54) is 44.1 Å². The summed E-state index contributed by atoms with van der Waals surface area (Å²) in [4.78, 5) is 9.48. The largest absolute Gasteiger partial charge is 0.366 e. The summed E-state index contributed by atoms with van der Waals surface area (Å²) in [6, 6.07) is 11.0. The van der Waals surface area contributed by atoms with Gasteiger partial charge in [0.05, 0.1) is 6.20 Å². The van der Waals surface area contributed by atoms with Crippen LogP contribution in [0.3, 0.4) is 0 Å². The Balaban J connectivity index is 1.26. The lowest BCUT2D eigenvalue weighted by Crippen LogP contribution is -2.47. The van der Waals surface area contributed by atoms with Crippen molar-refractivity contribution in [3.63, 3.8) is 0 Å². The number of piperazine rings is 1. The van der Waals surface area contributed by atoms with Gasteiger partial charge in [-0.1, -0.05) is 68.2 Å². The van der Waals surface area contributed by atoms with Gasteiger partial charge in [0.1, 0.15) is 0 Å². The second-order valence-corrected chi connectivity index (χ2v) is 8.08. The number of hydrogen-bond donors (Lipinski definition) is 1. The summed E-state index contributed by atoms with van der Waals surface area (Å²) < 4.78 is 0. The van der Waals surface area contributed by atoms with E-state index in [4.69, 9.17) is 4.98 Å². The Hall–Kier alpha value is -2.47. The van der Waals surface area contributed by atoms with Gasteiger partial charge in [-0.3, -0.25) is 4.90 Å². The van der Waals surface area contributed by atoms with Crippen LogP contribution in [0.4, 0.5) is 11.8 Å². The average Bonchev–Trinajstić information content (AvgIpc) is 3.04. The SMILES string of the molecule is C(=C\c1ccccc1)/CN1CCN(c2nncc(NC3CCCCCC3)n2)CC1. The molecule has 0 radical (unpaired) electrons. The number of nitrogens with zero attached hydrogens (tertiary/aromatic N) is 5. The van der Waals surface area contributed by atoms with Crippen LogP contribution in [0.1, 0.15) is 44.1 Å². The van der Waals surface area contributed by atoms with Crippen molar-refractivity contribution >= 4 is 17.8 Å². The molecular formula is C23H32N6. The molecule has 2 heterocycles. The summed E-state index contributed by atoms with van der Waals surface area (Å²) in [5.41, 5.74) is 1.25. The van der Waals surface area contributed by atoms with E-state index >= 15 is 0 Å². The van der Waals surface area contributed by atoms with Crippen LogP contribution in [0.15, 0.2) is 42.6 Å². The normalized spacial score (nSPS) is 19.4. The minimum absolute atomic E-state index is 0.523. The summed E-state index contributed by atoms with van der Waals surface area (Å²) in [5.74, 6) is 1.62. The van der Waals surface area contributed by atoms with Crippen LogP contribution in [0.5, 0.6) is 0 Å². The molecule has 4 rings (SSSR count). The Bertz CT molecular complexity index is 762. The van der Waals surface area contributed by atoms with Crippen LogP contribution in [0.25, 0.3) is 6.08 Å². The number of nitrogens with one attached hydrogen (secondary N) is 1. The highest BCUT2D eigenvalue weighted by molar-refractivity contribution is 5.48. The van der Waals surface area contributed by atoms with Gasteiger partial charge in [-0.25, -0.2) is 0 Å². The first-order valence-electron chi connectivity index (χ1n) is 11.0. The Morgan fingerprint density at radius 1 is 0.966 bits per heavy atom. The predicted octanol–water partition coefficient (Wildman–Crippen LogP) is 3.84. The van der Waals surface area contributed by atoms with Crippen molar-refractivity contribution in [2.24, 2.45) is 0 Å². The Morgan fingerprint density at radius 2 is 1.72 bits per heavy atom. The first-order valence-corrected chi connectivity index (χ1v) is 11.0. The zero-order chi connectivity index (χ0) is 19.7. The van der Waals surface area contributed by atoms with Gasteiger partial charge in [0.25, 0.3) is 0 Å². The molecule has 2 aliphatic rings. The van der Waals surface area contributed by atoms with Gasteiger partial charge in [-0.05, 0) is 18.4 Å². The molecule has 29 heavy (non-hydrogen) atoms. The summed E-state index contributed by atoms with van der Waals surface area (Å²) in [6.07, 6.45) is 14.0. The van der Waals surface area contributed by atoms with Crippen LogP contribution in [0.2, 0.25) is 0 Å². The fourth-order valence-corrected chi connectivity index (χ4v) is 4.16. The standard InChI is InChI=1S/C23H32N6/c1-2-7-13-21(12-6-1)25-22-19-24-27-23(26-22)29-17-15-28(16-18-29)14-8-11-20-9-4-3-5-10-20/h3-5,8-11,19,21H,1-2,6-7,12-18H2,(H,25,26,27)/b11-8+. The second kappa shape index (κ2) is 10.3. The monoisotopic (exact) mass is 392 g/mol. The molecule has 2 fully saturated rings. The zero-order valence-corrected chi connectivity index (χ0v) is 17.2. The smallest absolute Gasteiger partial charge is 0.247 e. The molecule has 154 valence electrons. The summed E-state index contributed by atoms with van der Waals surface area (Å²) in [6.45, 7) is 4.89. The van der Waals surface area contributed by atoms with E-state index in [0.29, 0.717) is 6.04 Å². The molecule has 6 nitrogen and oxygen atoms in total. The fourth-order valence-electron chi connectivity index (χ4n) is 4.16. The summed E-state index contributed by atoms with van der Waals surface area (Å²) in [7, 11) is 0. The molecule has 0 atom stereocenters. The molecule has 1 N–H and O–H groups in total. The van der Waals surface area contributed by atoms with E-state index in [1.807, 2.05) is 0 Å². The highest BCUT2D eigenvalue weighted by Crippen LogP contribution is 2.21. The van der Waals surface area contributed by atoms with Crippen molar-refractivity contribution in [2.75, 3.05) is 42.9 Å². The molecule has 1 aliphatic carbocycles. The Morgan fingerprint density at radius 3 is 2.48 bits per heavy atom. The van der Waals surface area contributed by atoms with Crippen molar-refractivity contribution in [1.82, 2.24) is 20.1 Å². The molecule has 0 bridgehead atoms. The number of hydrogen-bond acceptors (Lipinski definition) is 6. The van der Waals surface area contributed by atoms with E-state index < -0.39 is 0 Å². The van der Waals surface area contributed by atoms with Crippen molar-refractivity contribution in [3.05, 3.63) is 48.2 Å². The van der Waals surface area contributed by atoms with Gasteiger partial charge in [-0.2, -0.15) is 10.1 Å². The van der Waals surface area contributed by atoms with Crippen molar-refractivity contribution in [1.29, 1.82) is 0 Å².